The predicted molar refractivity (Wildman–Crippen MR) is 96.7 cm³/mol. The highest BCUT2D eigenvalue weighted by atomic mass is 31.1. The second kappa shape index (κ2) is 10.6. The van der Waals surface area contributed by atoms with E-state index < -0.39 is 15.5 Å². The third kappa shape index (κ3) is 6.17. The van der Waals surface area contributed by atoms with Gasteiger partial charge in [-0.2, -0.15) is 0 Å². The van der Waals surface area contributed by atoms with Gasteiger partial charge in [-0.25, -0.2) is 0 Å². The van der Waals surface area contributed by atoms with Crippen molar-refractivity contribution in [1.82, 2.24) is 0 Å². The topological polar surface area (TPSA) is 0 Å². The minimum atomic E-state index is -3.67. The SMILES string of the molecule is F.FB(F)F.c1ccc(P(c2ccccc2)c2ccccc2)cc1. The average molecular weight is 350 g/mol. The van der Waals surface area contributed by atoms with E-state index >= 15 is 0 Å². The Bertz CT molecular complexity index is 584. The van der Waals surface area contributed by atoms with Crippen molar-refractivity contribution in [2.75, 3.05) is 0 Å². The summed E-state index contributed by atoms with van der Waals surface area (Å²) in [5.41, 5.74) is 0. The first-order valence-corrected chi connectivity index (χ1v) is 8.40. The van der Waals surface area contributed by atoms with Crippen LogP contribution in [0.4, 0.5) is 17.7 Å². The standard InChI is InChI=1S/C18H15P.BF3.FH/c1-4-10-16(11-5-1)19(17-12-6-2-7-13-17)18-14-8-3-9-15-18;2-1(3)4;/h1-15H;;1H. The molecule has 0 amide bonds. The van der Waals surface area contributed by atoms with Gasteiger partial charge in [-0.15, -0.1) is 0 Å². The Hall–Kier alpha value is -2.13. The minimum absolute atomic E-state index is 0. The maximum absolute atomic E-state index is 9.67. The van der Waals surface area contributed by atoms with E-state index in [4.69, 9.17) is 0 Å². The Labute approximate surface area is 140 Å². The number of hydrogen-bond donors (Lipinski definition) is 0. The number of rotatable bonds is 3. The molecule has 0 aliphatic rings. The molecule has 0 fully saturated rings. The molecule has 0 radical (unpaired) electrons. The van der Waals surface area contributed by atoms with Crippen molar-refractivity contribution in [3.8, 4) is 0 Å². The normalized spacial score (nSPS) is 9.50. The molecule has 0 unspecified atom stereocenters. The molecule has 0 N–H and O–H groups in total. The van der Waals surface area contributed by atoms with E-state index in [0.717, 1.165) is 0 Å². The van der Waals surface area contributed by atoms with Gasteiger partial charge in [0.05, 0.1) is 0 Å². The van der Waals surface area contributed by atoms with Crippen LogP contribution < -0.4 is 15.9 Å². The van der Waals surface area contributed by atoms with Crippen LogP contribution in [0.1, 0.15) is 0 Å². The fourth-order valence-electron chi connectivity index (χ4n) is 2.18. The quantitative estimate of drug-likeness (QED) is 0.371. The molecule has 0 atom stereocenters. The van der Waals surface area contributed by atoms with Gasteiger partial charge >= 0.3 is 7.54 Å². The number of halogens is 4. The summed E-state index contributed by atoms with van der Waals surface area (Å²) in [6.45, 7) is 0. The van der Waals surface area contributed by atoms with E-state index in [2.05, 4.69) is 91.0 Å². The highest BCUT2D eigenvalue weighted by molar-refractivity contribution is 7.79. The highest BCUT2D eigenvalue weighted by Crippen LogP contribution is 2.32. The first-order valence-electron chi connectivity index (χ1n) is 7.06. The van der Waals surface area contributed by atoms with E-state index in [1.165, 1.54) is 15.9 Å². The van der Waals surface area contributed by atoms with Crippen LogP contribution in [0.5, 0.6) is 0 Å². The monoisotopic (exact) mass is 350 g/mol. The van der Waals surface area contributed by atoms with Crippen LogP contribution in [-0.4, -0.2) is 7.54 Å². The van der Waals surface area contributed by atoms with Crippen LogP contribution in [0, 0.1) is 0 Å². The van der Waals surface area contributed by atoms with Crippen molar-refractivity contribution in [2.24, 2.45) is 0 Å². The van der Waals surface area contributed by atoms with E-state index in [0.29, 0.717) is 0 Å². The first kappa shape index (κ1) is 19.9. The molecular weight excluding hydrogens is 334 g/mol. The van der Waals surface area contributed by atoms with Crippen LogP contribution in [0.15, 0.2) is 91.0 Å². The Balaban J connectivity index is 0.000000522. The molecule has 6 heteroatoms. The summed E-state index contributed by atoms with van der Waals surface area (Å²) in [5, 5.41) is 4.19. The molecule has 3 aromatic carbocycles. The summed E-state index contributed by atoms with van der Waals surface area (Å²) < 4.78 is 29.0. The molecule has 0 bridgehead atoms. The van der Waals surface area contributed by atoms with Gasteiger partial charge in [-0.1, -0.05) is 91.0 Å². The van der Waals surface area contributed by atoms with Crippen molar-refractivity contribution >= 4 is 31.4 Å². The first-order chi connectivity index (χ1) is 11.2. The fourth-order valence-corrected chi connectivity index (χ4v) is 4.48. The van der Waals surface area contributed by atoms with Crippen LogP contribution in [0.3, 0.4) is 0 Å². The zero-order chi connectivity index (χ0) is 16.5. The van der Waals surface area contributed by atoms with Crippen LogP contribution in [0.2, 0.25) is 0 Å². The molecule has 0 nitrogen and oxygen atoms in total. The fraction of sp³-hybridized carbons (Fsp3) is 0. The molecule has 0 aliphatic heterocycles. The molecule has 124 valence electrons. The van der Waals surface area contributed by atoms with Crippen LogP contribution >= 0.6 is 7.92 Å². The van der Waals surface area contributed by atoms with Gasteiger partial charge < -0.3 is 0 Å². The third-order valence-corrected chi connectivity index (χ3v) is 5.49. The molecule has 0 saturated carbocycles. The van der Waals surface area contributed by atoms with E-state index in [1.54, 1.807) is 0 Å². The van der Waals surface area contributed by atoms with Crippen LogP contribution in [-0.2, 0) is 0 Å². The number of benzene rings is 3. The molecule has 24 heavy (non-hydrogen) atoms. The smallest absolute Gasteiger partial charge is 0.269 e. The zero-order valence-electron chi connectivity index (χ0n) is 12.7. The summed E-state index contributed by atoms with van der Waals surface area (Å²) in [7, 11) is -4.11. The zero-order valence-corrected chi connectivity index (χ0v) is 13.6. The van der Waals surface area contributed by atoms with Gasteiger partial charge in [0.15, 0.2) is 0 Å². The van der Waals surface area contributed by atoms with Crippen molar-refractivity contribution in [3.63, 3.8) is 0 Å². The summed E-state index contributed by atoms with van der Waals surface area (Å²) >= 11 is 0. The van der Waals surface area contributed by atoms with Gasteiger partial charge in [0, 0.05) is 0 Å². The van der Waals surface area contributed by atoms with Crippen LogP contribution in [0.25, 0.3) is 0 Å². The lowest BCUT2D eigenvalue weighted by Gasteiger charge is -2.18. The summed E-state index contributed by atoms with van der Waals surface area (Å²) in [6, 6.07) is 32.3. The second-order valence-electron chi connectivity index (χ2n) is 4.59. The lowest BCUT2D eigenvalue weighted by Crippen LogP contribution is -2.20. The molecule has 0 saturated heterocycles. The maximum Gasteiger partial charge on any atom is 0.762 e. The number of hydrogen-bond acceptors (Lipinski definition) is 0. The van der Waals surface area contributed by atoms with Crippen molar-refractivity contribution in [3.05, 3.63) is 91.0 Å². The van der Waals surface area contributed by atoms with Crippen molar-refractivity contribution < 1.29 is 17.7 Å². The lowest BCUT2D eigenvalue weighted by molar-refractivity contribution is 0.535. The van der Waals surface area contributed by atoms with Gasteiger partial charge in [-0.05, 0) is 23.8 Å². The lowest BCUT2D eigenvalue weighted by atomic mass is 10.4. The van der Waals surface area contributed by atoms with E-state index in [-0.39, 0.29) is 4.70 Å². The largest absolute Gasteiger partial charge is 0.762 e. The molecule has 0 aromatic heterocycles. The molecule has 0 heterocycles. The molecule has 3 aromatic rings. The Morgan fingerprint density at radius 1 is 0.500 bits per heavy atom. The van der Waals surface area contributed by atoms with Crippen molar-refractivity contribution in [2.45, 2.75) is 0 Å². The Kier molecular flexibility index (Phi) is 8.81. The average Bonchev–Trinajstić information content (AvgIpc) is 2.58. The van der Waals surface area contributed by atoms with Crippen molar-refractivity contribution in [1.29, 1.82) is 0 Å². The molecule has 0 spiro atoms. The third-order valence-electron chi connectivity index (χ3n) is 3.04. The van der Waals surface area contributed by atoms with Gasteiger partial charge in [0.25, 0.3) is 0 Å². The second-order valence-corrected chi connectivity index (χ2v) is 6.81. The Morgan fingerprint density at radius 3 is 0.917 bits per heavy atom. The minimum Gasteiger partial charge on any atom is -0.269 e. The molecule has 3 rings (SSSR count). The molecular formula is C18H16BF4P. The maximum atomic E-state index is 9.67. The highest BCUT2D eigenvalue weighted by Gasteiger charge is 2.14. The van der Waals surface area contributed by atoms with E-state index in [1.807, 2.05) is 0 Å². The summed E-state index contributed by atoms with van der Waals surface area (Å²) in [4.78, 5) is 0. The van der Waals surface area contributed by atoms with Gasteiger partial charge in [-0.3, -0.25) is 17.7 Å². The summed E-state index contributed by atoms with van der Waals surface area (Å²) in [5.74, 6) is 0. The molecule has 0 aliphatic carbocycles. The van der Waals surface area contributed by atoms with Gasteiger partial charge in [0.2, 0.25) is 0 Å². The predicted octanol–water partition coefficient (Wildman–Crippen LogP) is 4.48. The summed E-state index contributed by atoms with van der Waals surface area (Å²) in [6.07, 6.45) is 0. The van der Waals surface area contributed by atoms with Gasteiger partial charge in [0.1, 0.15) is 0 Å². The van der Waals surface area contributed by atoms with E-state index in [9.17, 15) is 12.9 Å². The Morgan fingerprint density at radius 2 is 0.708 bits per heavy atom.